The SMILES string of the molecule is Clc1ccc(-c2csc(Nc3ccc(-c4csc(-c5ccc(Cl)cc5)n4)cc3)n2)cc1. The van der Waals surface area contributed by atoms with Gasteiger partial charge in [0.15, 0.2) is 5.13 Å². The molecule has 0 unspecified atom stereocenters. The van der Waals surface area contributed by atoms with Gasteiger partial charge in [-0.25, -0.2) is 9.97 Å². The minimum absolute atomic E-state index is 0.720. The van der Waals surface area contributed by atoms with Crippen molar-refractivity contribution in [1.29, 1.82) is 0 Å². The van der Waals surface area contributed by atoms with Gasteiger partial charge in [0.2, 0.25) is 0 Å². The highest BCUT2D eigenvalue weighted by Gasteiger charge is 2.08. The van der Waals surface area contributed by atoms with Crippen LogP contribution in [0.2, 0.25) is 10.0 Å². The fourth-order valence-corrected chi connectivity index (χ4v) is 4.89. The third-order valence-corrected chi connectivity index (χ3v) is 6.82. The molecule has 0 saturated heterocycles. The third-order valence-electron chi connectivity index (χ3n) is 4.67. The van der Waals surface area contributed by atoms with E-state index >= 15 is 0 Å². The monoisotopic (exact) mass is 479 g/mol. The van der Waals surface area contributed by atoms with E-state index < -0.39 is 0 Å². The first-order valence-corrected chi connectivity index (χ1v) is 12.0. The Morgan fingerprint density at radius 3 is 1.74 bits per heavy atom. The number of halogens is 2. The standard InChI is InChI=1S/C24H15Cl2N3S2/c25-18-7-1-15(2-8-18)22-14-31-24(29-22)27-20-11-5-16(6-12-20)21-13-30-23(28-21)17-3-9-19(26)10-4-17/h1-14H,(H,27,29). The lowest BCUT2D eigenvalue weighted by molar-refractivity contribution is 1.38. The van der Waals surface area contributed by atoms with Crippen LogP contribution in [-0.2, 0) is 0 Å². The van der Waals surface area contributed by atoms with Gasteiger partial charge in [-0.3, -0.25) is 0 Å². The normalized spacial score (nSPS) is 10.9. The van der Waals surface area contributed by atoms with Crippen LogP contribution in [0.1, 0.15) is 0 Å². The molecule has 152 valence electrons. The second-order valence-electron chi connectivity index (χ2n) is 6.79. The van der Waals surface area contributed by atoms with Crippen LogP contribution in [0.4, 0.5) is 10.8 Å². The van der Waals surface area contributed by atoms with Crippen LogP contribution >= 0.6 is 45.9 Å². The van der Waals surface area contributed by atoms with Crippen molar-refractivity contribution in [2.75, 3.05) is 5.32 Å². The van der Waals surface area contributed by atoms with Gasteiger partial charge in [-0.05, 0) is 36.4 Å². The average Bonchev–Trinajstić information content (AvgIpc) is 3.46. The summed E-state index contributed by atoms with van der Waals surface area (Å²) < 4.78 is 0. The van der Waals surface area contributed by atoms with Gasteiger partial charge in [-0.1, -0.05) is 59.6 Å². The molecular formula is C24H15Cl2N3S2. The second-order valence-corrected chi connectivity index (χ2v) is 9.38. The number of benzene rings is 3. The van der Waals surface area contributed by atoms with Crippen LogP contribution in [0.15, 0.2) is 83.6 Å². The molecule has 0 aliphatic heterocycles. The number of nitrogens with one attached hydrogen (secondary N) is 1. The summed E-state index contributed by atoms with van der Waals surface area (Å²) in [6.07, 6.45) is 0. The molecular weight excluding hydrogens is 465 g/mol. The van der Waals surface area contributed by atoms with E-state index in [0.717, 1.165) is 54.0 Å². The van der Waals surface area contributed by atoms with E-state index in [1.807, 2.05) is 66.0 Å². The van der Waals surface area contributed by atoms with Crippen molar-refractivity contribution in [3.05, 3.63) is 93.6 Å². The van der Waals surface area contributed by atoms with Gasteiger partial charge in [0.1, 0.15) is 5.01 Å². The molecule has 0 radical (unpaired) electrons. The van der Waals surface area contributed by atoms with Crippen LogP contribution < -0.4 is 5.32 Å². The molecule has 5 rings (SSSR count). The van der Waals surface area contributed by atoms with Gasteiger partial charge in [-0.2, -0.15) is 0 Å². The van der Waals surface area contributed by atoms with Gasteiger partial charge >= 0.3 is 0 Å². The lowest BCUT2D eigenvalue weighted by Gasteiger charge is -2.04. The highest BCUT2D eigenvalue weighted by atomic mass is 35.5. The first-order chi connectivity index (χ1) is 15.1. The molecule has 0 aliphatic carbocycles. The topological polar surface area (TPSA) is 37.8 Å². The molecule has 2 aromatic heterocycles. The molecule has 0 aliphatic rings. The fraction of sp³-hybridized carbons (Fsp3) is 0. The zero-order valence-electron chi connectivity index (χ0n) is 16.0. The Balaban J connectivity index is 1.30. The van der Waals surface area contributed by atoms with Crippen molar-refractivity contribution in [3.63, 3.8) is 0 Å². The van der Waals surface area contributed by atoms with Gasteiger partial charge in [0.25, 0.3) is 0 Å². The number of nitrogens with zero attached hydrogens (tertiary/aromatic N) is 2. The number of anilines is 2. The summed E-state index contributed by atoms with van der Waals surface area (Å²) in [6, 6.07) is 23.7. The molecule has 0 bridgehead atoms. The van der Waals surface area contributed by atoms with Crippen LogP contribution in [0, 0.1) is 0 Å². The van der Waals surface area contributed by atoms with Crippen LogP contribution in [-0.4, -0.2) is 9.97 Å². The van der Waals surface area contributed by atoms with E-state index in [9.17, 15) is 0 Å². The predicted molar refractivity (Wildman–Crippen MR) is 134 cm³/mol. The Labute approximate surface area is 198 Å². The van der Waals surface area contributed by atoms with Crippen molar-refractivity contribution in [2.24, 2.45) is 0 Å². The number of aromatic nitrogens is 2. The Morgan fingerprint density at radius 1 is 0.581 bits per heavy atom. The van der Waals surface area contributed by atoms with Crippen molar-refractivity contribution in [3.8, 4) is 33.1 Å². The first kappa shape index (κ1) is 20.2. The number of hydrogen-bond donors (Lipinski definition) is 1. The molecule has 0 saturated carbocycles. The summed E-state index contributed by atoms with van der Waals surface area (Å²) in [5.74, 6) is 0. The minimum atomic E-state index is 0.720. The summed E-state index contributed by atoms with van der Waals surface area (Å²) >= 11 is 15.1. The molecule has 7 heteroatoms. The van der Waals surface area contributed by atoms with E-state index in [4.69, 9.17) is 28.2 Å². The maximum absolute atomic E-state index is 5.98. The highest BCUT2D eigenvalue weighted by Crippen LogP contribution is 2.31. The zero-order chi connectivity index (χ0) is 21.2. The average molecular weight is 480 g/mol. The molecule has 0 amide bonds. The van der Waals surface area contributed by atoms with E-state index in [1.165, 1.54) is 0 Å². The van der Waals surface area contributed by atoms with Crippen molar-refractivity contribution in [2.45, 2.75) is 0 Å². The van der Waals surface area contributed by atoms with Crippen LogP contribution in [0.25, 0.3) is 33.1 Å². The number of thiazole rings is 2. The van der Waals surface area contributed by atoms with Gasteiger partial charge in [0.05, 0.1) is 11.4 Å². The van der Waals surface area contributed by atoms with E-state index in [2.05, 4.69) is 27.8 Å². The van der Waals surface area contributed by atoms with Crippen molar-refractivity contribution >= 4 is 56.7 Å². The maximum Gasteiger partial charge on any atom is 0.187 e. The highest BCUT2D eigenvalue weighted by molar-refractivity contribution is 7.14. The minimum Gasteiger partial charge on any atom is -0.332 e. The summed E-state index contributed by atoms with van der Waals surface area (Å²) in [5, 5.41) is 10.7. The van der Waals surface area contributed by atoms with Gasteiger partial charge in [0, 0.05) is 43.2 Å². The third kappa shape index (κ3) is 4.65. The Morgan fingerprint density at radius 2 is 1.10 bits per heavy atom. The molecule has 0 spiro atoms. The van der Waals surface area contributed by atoms with Crippen LogP contribution in [0.3, 0.4) is 0 Å². The number of hydrogen-bond acceptors (Lipinski definition) is 5. The summed E-state index contributed by atoms with van der Waals surface area (Å²) in [7, 11) is 0. The van der Waals surface area contributed by atoms with Crippen molar-refractivity contribution < 1.29 is 0 Å². The zero-order valence-corrected chi connectivity index (χ0v) is 19.2. The molecule has 2 heterocycles. The van der Waals surface area contributed by atoms with Crippen LogP contribution in [0.5, 0.6) is 0 Å². The summed E-state index contributed by atoms with van der Waals surface area (Å²) in [4.78, 5) is 9.45. The van der Waals surface area contributed by atoms with Gasteiger partial charge in [-0.15, -0.1) is 22.7 Å². The molecule has 0 fully saturated rings. The van der Waals surface area contributed by atoms with Crippen molar-refractivity contribution in [1.82, 2.24) is 9.97 Å². The van der Waals surface area contributed by atoms with E-state index in [0.29, 0.717) is 0 Å². The Kier molecular flexibility index (Phi) is 5.74. The number of rotatable bonds is 5. The smallest absolute Gasteiger partial charge is 0.187 e. The second kappa shape index (κ2) is 8.81. The Bertz CT molecular complexity index is 1310. The first-order valence-electron chi connectivity index (χ1n) is 9.44. The predicted octanol–water partition coefficient (Wildman–Crippen LogP) is 8.65. The largest absolute Gasteiger partial charge is 0.332 e. The van der Waals surface area contributed by atoms with E-state index in [1.54, 1.807) is 22.7 Å². The molecule has 5 aromatic rings. The lowest BCUT2D eigenvalue weighted by Crippen LogP contribution is -1.89. The quantitative estimate of drug-likeness (QED) is 0.274. The Hall–Kier alpha value is -2.70. The fourth-order valence-electron chi connectivity index (χ4n) is 3.06. The summed E-state index contributed by atoms with van der Waals surface area (Å²) in [6.45, 7) is 0. The summed E-state index contributed by atoms with van der Waals surface area (Å²) in [5.41, 5.74) is 6.05. The van der Waals surface area contributed by atoms with E-state index in [-0.39, 0.29) is 0 Å². The molecule has 1 N–H and O–H groups in total. The molecule has 0 atom stereocenters. The lowest BCUT2D eigenvalue weighted by atomic mass is 10.1. The molecule has 3 aromatic carbocycles. The van der Waals surface area contributed by atoms with Gasteiger partial charge < -0.3 is 5.32 Å². The molecule has 31 heavy (non-hydrogen) atoms. The molecule has 3 nitrogen and oxygen atoms in total. The maximum atomic E-state index is 5.98.